The van der Waals surface area contributed by atoms with Gasteiger partial charge in [0.25, 0.3) is 0 Å². The van der Waals surface area contributed by atoms with E-state index in [-0.39, 0.29) is 24.1 Å². The summed E-state index contributed by atoms with van der Waals surface area (Å²) in [7, 11) is 1.53. The van der Waals surface area contributed by atoms with Crippen LogP contribution in [0.2, 0.25) is 0 Å². The standard InChI is InChI=1S/C30H39N3O5/c1-8-10-20(3)31-27(35)26(23-15-11-21(9-2)12-16-23)33(7)28(36)25(32-29(37)38-30(4,5)6)19-22-13-17-24(34)18-14-22/h2,11-18,20,25-26,34H,8,10,19H2,1,3-7H3,(H,31,35)(H,32,37). The zero-order valence-electron chi connectivity index (χ0n) is 23.1. The number of benzene rings is 2. The summed E-state index contributed by atoms with van der Waals surface area (Å²) >= 11 is 0. The Morgan fingerprint density at radius 3 is 2.18 bits per heavy atom. The van der Waals surface area contributed by atoms with Crippen molar-refractivity contribution in [3.63, 3.8) is 0 Å². The molecule has 0 aliphatic rings. The van der Waals surface area contributed by atoms with Gasteiger partial charge >= 0.3 is 6.09 Å². The van der Waals surface area contributed by atoms with Gasteiger partial charge < -0.3 is 25.4 Å². The molecule has 0 radical (unpaired) electrons. The molecule has 3 unspecified atom stereocenters. The van der Waals surface area contributed by atoms with Crippen LogP contribution in [0.1, 0.15) is 70.2 Å². The largest absolute Gasteiger partial charge is 0.508 e. The van der Waals surface area contributed by atoms with E-state index >= 15 is 0 Å². The van der Waals surface area contributed by atoms with Gasteiger partial charge in [-0.15, -0.1) is 6.42 Å². The summed E-state index contributed by atoms with van der Waals surface area (Å²) in [6.07, 6.45) is 6.55. The predicted molar refractivity (Wildman–Crippen MR) is 147 cm³/mol. The molecule has 38 heavy (non-hydrogen) atoms. The number of hydrogen-bond donors (Lipinski definition) is 3. The molecule has 204 valence electrons. The molecule has 2 aromatic rings. The van der Waals surface area contributed by atoms with Gasteiger partial charge in [-0.1, -0.05) is 43.5 Å². The minimum Gasteiger partial charge on any atom is -0.508 e. The van der Waals surface area contributed by atoms with Crippen LogP contribution in [0.5, 0.6) is 5.75 Å². The fraction of sp³-hybridized carbons (Fsp3) is 0.433. The molecule has 0 saturated heterocycles. The summed E-state index contributed by atoms with van der Waals surface area (Å²) in [5.74, 6) is 1.82. The van der Waals surface area contributed by atoms with Gasteiger partial charge in [0, 0.05) is 25.1 Å². The summed E-state index contributed by atoms with van der Waals surface area (Å²) in [5.41, 5.74) is 1.18. The zero-order valence-corrected chi connectivity index (χ0v) is 23.1. The summed E-state index contributed by atoms with van der Waals surface area (Å²) in [6.45, 7) is 9.14. The second kappa shape index (κ2) is 13.5. The first-order valence-corrected chi connectivity index (χ1v) is 12.8. The Hall–Kier alpha value is -3.99. The first kappa shape index (κ1) is 30.2. The van der Waals surface area contributed by atoms with Gasteiger partial charge in [0.2, 0.25) is 11.8 Å². The lowest BCUT2D eigenvalue weighted by Crippen LogP contribution is -2.53. The van der Waals surface area contributed by atoms with Crippen LogP contribution in [0.25, 0.3) is 0 Å². The Balaban J connectivity index is 2.42. The molecular weight excluding hydrogens is 482 g/mol. The summed E-state index contributed by atoms with van der Waals surface area (Å²) in [6, 6.07) is 11.2. The number of amides is 3. The number of carbonyl (C=O) groups excluding carboxylic acids is 3. The van der Waals surface area contributed by atoms with Crippen LogP contribution >= 0.6 is 0 Å². The summed E-state index contributed by atoms with van der Waals surface area (Å²) < 4.78 is 5.39. The van der Waals surface area contributed by atoms with Gasteiger partial charge in [0.15, 0.2) is 0 Å². The molecular formula is C30H39N3O5. The van der Waals surface area contributed by atoms with Crippen molar-refractivity contribution in [2.45, 2.75) is 77.6 Å². The van der Waals surface area contributed by atoms with Gasteiger partial charge in [0.1, 0.15) is 23.4 Å². The number of terminal acetylenes is 1. The third-order valence-corrected chi connectivity index (χ3v) is 5.85. The molecule has 8 heteroatoms. The number of hydrogen-bond acceptors (Lipinski definition) is 5. The predicted octanol–water partition coefficient (Wildman–Crippen LogP) is 4.31. The number of likely N-dealkylation sites (N-methyl/N-ethyl adjacent to an activating group) is 1. The van der Waals surface area contributed by atoms with Crippen LogP contribution in [-0.2, 0) is 20.7 Å². The highest BCUT2D eigenvalue weighted by atomic mass is 16.6. The number of alkyl carbamates (subject to hydrolysis) is 1. The van der Waals surface area contributed by atoms with E-state index < -0.39 is 29.7 Å². The quantitative estimate of drug-likeness (QED) is 0.404. The Labute approximate surface area is 225 Å². The molecule has 0 heterocycles. The second-order valence-corrected chi connectivity index (χ2v) is 10.4. The number of ether oxygens (including phenoxy) is 1. The maximum Gasteiger partial charge on any atom is 0.408 e. The van der Waals surface area contributed by atoms with Crippen molar-refractivity contribution in [1.82, 2.24) is 15.5 Å². The summed E-state index contributed by atoms with van der Waals surface area (Å²) in [5, 5.41) is 15.3. The van der Waals surface area contributed by atoms with E-state index in [0.717, 1.165) is 12.8 Å². The first-order valence-electron chi connectivity index (χ1n) is 12.8. The number of nitrogens with zero attached hydrogens (tertiary/aromatic N) is 1. The first-order chi connectivity index (χ1) is 17.8. The highest BCUT2D eigenvalue weighted by Crippen LogP contribution is 2.23. The molecule has 0 saturated carbocycles. The number of phenols is 1. The lowest BCUT2D eigenvalue weighted by molar-refractivity contribution is -0.141. The molecule has 0 fully saturated rings. The molecule has 3 atom stereocenters. The highest BCUT2D eigenvalue weighted by molar-refractivity contribution is 5.92. The van der Waals surface area contributed by atoms with Crippen LogP contribution < -0.4 is 10.6 Å². The molecule has 8 nitrogen and oxygen atoms in total. The Morgan fingerprint density at radius 1 is 1.05 bits per heavy atom. The van der Waals surface area contributed by atoms with Gasteiger partial charge in [-0.05, 0) is 69.5 Å². The fourth-order valence-corrected chi connectivity index (χ4v) is 4.03. The smallest absolute Gasteiger partial charge is 0.408 e. The van der Waals surface area contributed by atoms with Gasteiger partial charge in [-0.25, -0.2) is 4.79 Å². The van der Waals surface area contributed by atoms with Crippen molar-refractivity contribution in [2.24, 2.45) is 0 Å². The average molecular weight is 522 g/mol. The van der Waals surface area contributed by atoms with Crippen LogP contribution in [-0.4, -0.2) is 52.6 Å². The molecule has 2 aromatic carbocycles. The third-order valence-electron chi connectivity index (χ3n) is 5.85. The van der Waals surface area contributed by atoms with Crippen molar-refractivity contribution in [1.29, 1.82) is 0 Å². The van der Waals surface area contributed by atoms with Crippen molar-refractivity contribution < 1.29 is 24.2 Å². The van der Waals surface area contributed by atoms with Crippen LogP contribution in [0.3, 0.4) is 0 Å². The maximum absolute atomic E-state index is 13.9. The van der Waals surface area contributed by atoms with Gasteiger partial charge in [-0.3, -0.25) is 9.59 Å². The Morgan fingerprint density at radius 2 is 1.66 bits per heavy atom. The number of nitrogens with one attached hydrogen (secondary N) is 2. The monoisotopic (exact) mass is 521 g/mol. The van der Waals surface area contributed by atoms with Crippen LogP contribution in [0.4, 0.5) is 4.79 Å². The highest BCUT2D eigenvalue weighted by Gasteiger charge is 2.34. The van der Waals surface area contributed by atoms with E-state index in [1.807, 2.05) is 13.8 Å². The van der Waals surface area contributed by atoms with E-state index in [0.29, 0.717) is 16.7 Å². The fourth-order valence-electron chi connectivity index (χ4n) is 4.03. The zero-order chi connectivity index (χ0) is 28.5. The Kier molecular flexibility index (Phi) is 10.8. The maximum atomic E-state index is 13.9. The normalized spacial score (nSPS) is 13.4. The van der Waals surface area contributed by atoms with E-state index in [2.05, 4.69) is 16.6 Å². The van der Waals surface area contributed by atoms with Crippen molar-refractivity contribution in [3.05, 3.63) is 65.2 Å². The van der Waals surface area contributed by atoms with Crippen LogP contribution in [0, 0.1) is 12.3 Å². The van der Waals surface area contributed by atoms with E-state index in [4.69, 9.17) is 11.2 Å². The van der Waals surface area contributed by atoms with Crippen molar-refractivity contribution in [2.75, 3.05) is 7.05 Å². The molecule has 0 bridgehead atoms. The molecule has 0 aliphatic heterocycles. The van der Waals surface area contributed by atoms with E-state index in [9.17, 15) is 19.5 Å². The minimum absolute atomic E-state index is 0.0854. The SMILES string of the molecule is C#Cc1ccc(C(C(=O)NC(C)CCC)N(C)C(=O)C(Cc2ccc(O)cc2)NC(=O)OC(C)(C)C)cc1. The Bertz CT molecular complexity index is 1130. The van der Waals surface area contributed by atoms with Gasteiger partial charge in [0.05, 0.1) is 0 Å². The van der Waals surface area contributed by atoms with Crippen molar-refractivity contribution >= 4 is 17.9 Å². The molecule has 0 aliphatic carbocycles. The topological polar surface area (TPSA) is 108 Å². The number of aromatic hydroxyl groups is 1. The third kappa shape index (κ3) is 9.15. The minimum atomic E-state index is -1.03. The number of carbonyl (C=O) groups is 3. The van der Waals surface area contributed by atoms with Crippen molar-refractivity contribution in [3.8, 4) is 18.1 Å². The molecule has 2 rings (SSSR count). The lowest BCUT2D eigenvalue weighted by atomic mass is 9.99. The van der Waals surface area contributed by atoms with E-state index in [1.165, 1.54) is 24.1 Å². The number of rotatable bonds is 10. The number of phenolic OH excluding ortho intramolecular Hbond substituents is 1. The van der Waals surface area contributed by atoms with E-state index in [1.54, 1.807) is 57.2 Å². The van der Waals surface area contributed by atoms with Crippen LogP contribution in [0.15, 0.2) is 48.5 Å². The molecule has 0 aromatic heterocycles. The lowest BCUT2D eigenvalue weighted by Gasteiger charge is -2.32. The molecule has 3 amide bonds. The molecule has 3 N–H and O–H groups in total. The van der Waals surface area contributed by atoms with Gasteiger partial charge in [-0.2, -0.15) is 0 Å². The second-order valence-electron chi connectivity index (χ2n) is 10.4. The molecule has 0 spiro atoms. The average Bonchev–Trinajstić information content (AvgIpc) is 2.84. The summed E-state index contributed by atoms with van der Waals surface area (Å²) in [4.78, 5) is 41.3.